The van der Waals surface area contributed by atoms with Crippen molar-refractivity contribution in [1.82, 2.24) is 0 Å². The molecule has 0 aliphatic rings. The molecule has 0 aromatic heterocycles. The van der Waals surface area contributed by atoms with E-state index < -0.39 is 24.0 Å². The summed E-state index contributed by atoms with van der Waals surface area (Å²) in [5.74, 6) is 0. The number of aliphatic hydroxyl groups is 1. The van der Waals surface area contributed by atoms with Gasteiger partial charge < -0.3 is 0 Å². The van der Waals surface area contributed by atoms with E-state index in [1.54, 1.807) is 0 Å². The van der Waals surface area contributed by atoms with E-state index in [0.29, 0.717) is 0 Å². The van der Waals surface area contributed by atoms with Crippen molar-refractivity contribution in [2.24, 2.45) is 0 Å². The van der Waals surface area contributed by atoms with Gasteiger partial charge in [0, 0.05) is 0 Å². The average molecular weight is 443 g/mol. The van der Waals surface area contributed by atoms with Gasteiger partial charge in [-0.15, -0.1) is 0 Å². The van der Waals surface area contributed by atoms with Crippen LogP contribution in [0.25, 0.3) is 0 Å². The topological polar surface area (TPSA) is 20.2 Å². The quantitative estimate of drug-likeness (QED) is 0.219. The first-order valence-electron chi connectivity index (χ1n) is 10.3. The van der Waals surface area contributed by atoms with Crippen LogP contribution in [0.3, 0.4) is 0 Å². The fraction of sp³-hybridized carbons (Fsp3) is 0.818. The summed E-state index contributed by atoms with van der Waals surface area (Å²) in [6.45, 7) is 17.8. The number of rotatable bonds is 14. The molecule has 0 rings (SSSR count). The second-order valence-electron chi connectivity index (χ2n) is 8.16. The predicted molar refractivity (Wildman–Crippen MR) is 113 cm³/mol. The van der Waals surface area contributed by atoms with Crippen LogP contribution in [0, 0.1) is 0 Å². The van der Waals surface area contributed by atoms with Crippen LogP contribution in [0.15, 0.2) is 21.8 Å². The first kappa shape index (κ1) is 24.2. The summed E-state index contributed by atoms with van der Waals surface area (Å²) in [7, 11) is 0. The second kappa shape index (κ2) is 12.6. The van der Waals surface area contributed by atoms with Crippen molar-refractivity contribution in [3.63, 3.8) is 0 Å². The number of unbranched alkanes of at least 4 members (excludes halogenated alkanes) is 3. The molecule has 1 nitrogen and oxygen atoms in total. The molecule has 142 valence electrons. The summed E-state index contributed by atoms with van der Waals surface area (Å²) in [5.41, 5.74) is 0.672. The molecule has 0 aromatic carbocycles. The van der Waals surface area contributed by atoms with Gasteiger partial charge in [0.2, 0.25) is 0 Å². The van der Waals surface area contributed by atoms with Gasteiger partial charge in [0.15, 0.2) is 0 Å². The van der Waals surface area contributed by atoms with Crippen LogP contribution in [-0.4, -0.2) is 29.1 Å². The Balaban J connectivity index is 5.36. The molecular weight excluding hydrogens is 399 g/mol. The molecule has 1 unspecified atom stereocenters. The van der Waals surface area contributed by atoms with Gasteiger partial charge in [-0.05, 0) is 0 Å². The van der Waals surface area contributed by atoms with E-state index in [1.165, 1.54) is 61.0 Å². The molecule has 0 spiro atoms. The Kier molecular flexibility index (Phi) is 12.7. The first-order chi connectivity index (χ1) is 11.3. The first-order valence-corrected chi connectivity index (χ1v) is 17.8. The zero-order chi connectivity index (χ0) is 18.6. The molecule has 0 bridgehead atoms. The fourth-order valence-corrected chi connectivity index (χ4v) is 20.9. The molecule has 1 N–H and O–H groups in total. The number of hydrogen-bond acceptors (Lipinski definition) is 1. The molecule has 1 atom stereocenters. The summed E-state index contributed by atoms with van der Waals surface area (Å²) in [5, 5.41) is 11.3. The van der Waals surface area contributed by atoms with Crippen molar-refractivity contribution in [3.8, 4) is 0 Å². The maximum absolute atomic E-state index is 11.3. The maximum atomic E-state index is 11.3. The summed E-state index contributed by atoms with van der Waals surface area (Å²) in [4.78, 5) is 0. The van der Waals surface area contributed by atoms with E-state index in [0.717, 1.165) is 12.8 Å². The van der Waals surface area contributed by atoms with Crippen molar-refractivity contribution in [2.45, 2.75) is 112 Å². The molecule has 0 aliphatic carbocycles. The van der Waals surface area contributed by atoms with Gasteiger partial charge in [-0.3, -0.25) is 0 Å². The molecule has 0 saturated carbocycles. The van der Waals surface area contributed by atoms with Gasteiger partial charge in [-0.2, -0.15) is 0 Å². The molecular formula is C22H44OSn. The minimum absolute atomic E-state index is 0.669. The second-order valence-corrected chi connectivity index (χ2v) is 21.5. The van der Waals surface area contributed by atoms with Gasteiger partial charge in [-0.25, -0.2) is 0 Å². The fourth-order valence-electron chi connectivity index (χ4n) is 3.74. The molecule has 0 radical (unpaired) electrons. The Labute approximate surface area is 156 Å². The zero-order valence-corrected chi connectivity index (χ0v) is 20.4. The van der Waals surface area contributed by atoms with Crippen LogP contribution >= 0.6 is 0 Å². The molecule has 0 aromatic rings. The Bertz CT molecular complexity index is 356. The summed E-state index contributed by atoms with van der Waals surface area (Å²) >= 11 is -2.54. The zero-order valence-electron chi connectivity index (χ0n) is 17.5. The number of hydrogen-bond donors (Lipinski definition) is 1. The average Bonchev–Trinajstić information content (AvgIpc) is 2.53. The van der Waals surface area contributed by atoms with Crippen LogP contribution in [0.4, 0.5) is 0 Å². The van der Waals surface area contributed by atoms with Crippen LogP contribution in [-0.2, 0) is 0 Å². The molecule has 0 heterocycles. The van der Waals surface area contributed by atoms with Gasteiger partial charge in [-0.1, -0.05) is 0 Å². The van der Waals surface area contributed by atoms with Crippen LogP contribution in [0.5, 0.6) is 0 Å². The molecule has 2 heteroatoms. The van der Waals surface area contributed by atoms with Crippen LogP contribution < -0.4 is 0 Å². The monoisotopic (exact) mass is 444 g/mol. The summed E-state index contributed by atoms with van der Waals surface area (Å²) < 4.78 is 5.49. The third kappa shape index (κ3) is 8.56. The molecule has 0 amide bonds. The van der Waals surface area contributed by atoms with E-state index in [9.17, 15) is 5.11 Å². The van der Waals surface area contributed by atoms with Gasteiger partial charge >= 0.3 is 157 Å². The SMILES string of the molecule is C=[C](C(C)(O)CCC=C(C)C)[Sn]([CH2]CCC)([CH2]CCC)[CH2]CCC. The third-order valence-electron chi connectivity index (χ3n) is 5.50. The summed E-state index contributed by atoms with van der Waals surface area (Å²) in [6, 6.07) is 0. The van der Waals surface area contributed by atoms with E-state index in [2.05, 4.69) is 47.3 Å². The Morgan fingerprint density at radius 3 is 1.71 bits per heavy atom. The van der Waals surface area contributed by atoms with Crippen molar-refractivity contribution >= 4 is 18.4 Å². The number of allylic oxidation sites excluding steroid dienone is 2. The van der Waals surface area contributed by atoms with Gasteiger partial charge in [0.1, 0.15) is 0 Å². The Morgan fingerprint density at radius 1 is 0.958 bits per heavy atom. The van der Waals surface area contributed by atoms with Gasteiger partial charge in [0.25, 0.3) is 0 Å². The minimum atomic E-state index is -2.54. The van der Waals surface area contributed by atoms with Crippen LogP contribution in [0.1, 0.15) is 92.9 Å². The Morgan fingerprint density at radius 2 is 1.38 bits per heavy atom. The van der Waals surface area contributed by atoms with Crippen LogP contribution in [0.2, 0.25) is 13.3 Å². The van der Waals surface area contributed by atoms with Crippen molar-refractivity contribution in [2.75, 3.05) is 0 Å². The molecule has 24 heavy (non-hydrogen) atoms. The molecule has 0 saturated heterocycles. The van der Waals surface area contributed by atoms with Crippen molar-refractivity contribution < 1.29 is 5.11 Å². The van der Waals surface area contributed by atoms with E-state index in [4.69, 9.17) is 0 Å². The molecule has 0 fully saturated rings. The van der Waals surface area contributed by atoms with Crippen molar-refractivity contribution in [1.29, 1.82) is 0 Å². The standard InChI is InChI=1S/C10H17O.3C4H9.Sn/c1-5-10(4,11)8-6-7-9(2)3;3*1-3-4-2;/h7,11H,1,6,8H2,2-4H3;3*1,3-4H2,2H3;. The van der Waals surface area contributed by atoms with E-state index in [1.807, 2.05) is 6.92 Å². The van der Waals surface area contributed by atoms with Crippen molar-refractivity contribution in [3.05, 3.63) is 21.8 Å². The van der Waals surface area contributed by atoms with Gasteiger partial charge in [0.05, 0.1) is 0 Å². The Hall–Kier alpha value is 0.239. The molecule has 0 aliphatic heterocycles. The van der Waals surface area contributed by atoms with E-state index in [-0.39, 0.29) is 0 Å². The third-order valence-corrected chi connectivity index (χ3v) is 21.9. The normalized spacial score (nSPS) is 14.3. The summed E-state index contributed by atoms with van der Waals surface area (Å²) in [6.07, 6.45) is 11.8. The van der Waals surface area contributed by atoms with E-state index >= 15 is 0 Å². The predicted octanol–water partition coefficient (Wildman–Crippen LogP) is 7.43.